The van der Waals surface area contributed by atoms with Crippen molar-refractivity contribution in [2.75, 3.05) is 0 Å². The second-order valence-corrected chi connectivity index (χ2v) is 5.27. The Morgan fingerprint density at radius 1 is 0.929 bits per heavy atom. The molecule has 2 atom stereocenters. The molecule has 0 aliphatic rings. The van der Waals surface area contributed by atoms with Gasteiger partial charge in [0.1, 0.15) is 0 Å². The molecule has 0 fully saturated rings. The van der Waals surface area contributed by atoms with E-state index in [-0.39, 0.29) is 0 Å². The average Bonchev–Trinajstić information content (AvgIpc) is 2.15. The van der Waals surface area contributed by atoms with E-state index in [1.165, 1.54) is 38.5 Å². The van der Waals surface area contributed by atoms with E-state index in [0.717, 1.165) is 17.8 Å². The summed E-state index contributed by atoms with van der Waals surface area (Å²) in [5, 5.41) is 0. The standard InChI is InChI=1S/C14H30/c1-6-8-9-10-14(11-12(3)4)13(5)7-2/h12-14H,6-11H2,1-5H3. The van der Waals surface area contributed by atoms with Gasteiger partial charge in [0.05, 0.1) is 0 Å². The van der Waals surface area contributed by atoms with Crippen LogP contribution in [0.4, 0.5) is 0 Å². The molecule has 0 aromatic rings. The second-order valence-electron chi connectivity index (χ2n) is 5.27. The quantitative estimate of drug-likeness (QED) is 0.466. The molecule has 86 valence electrons. The molecule has 0 nitrogen and oxygen atoms in total. The van der Waals surface area contributed by atoms with Crippen LogP contribution in [-0.4, -0.2) is 0 Å². The van der Waals surface area contributed by atoms with Gasteiger partial charge in [-0.25, -0.2) is 0 Å². The van der Waals surface area contributed by atoms with Gasteiger partial charge in [0.25, 0.3) is 0 Å². The van der Waals surface area contributed by atoms with Crippen LogP contribution in [0.2, 0.25) is 0 Å². The predicted molar refractivity (Wildman–Crippen MR) is 66.5 cm³/mol. The van der Waals surface area contributed by atoms with Crippen LogP contribution in [0.5, 0.6) is 0 Å². The fourth-order valence-corrected chi connectivity index (χ4v) is 2.23. The zero-order valence-corrected chi connectivity index (χ0v) is 11.0. The summed E-state index contributed by atoms with van der Waals surface area (Å²) in [4.78, 5) is 0. The molecule has 0 spiro atoms. The molecule has 0 amide bonds. The molecule has 0 aliphatic carbocycles. The Balaban J connectivity index is 3.84. The summed E-state index contributed by atoms with van der Waals surface area (Å²) < 4.78 is 0. The summed E-state index contributed by atoms with van der Waals surface area (Å²) in [5.41, 5.74) is 0. The minimum absolute atomic E-state index is 0.871. The van der Waals surface area contributed by atoms with Gasteiger partial charge in [0.2, 0.25) is 0 Å². The lowest BCUT2D eigenvalue weighted by Crippen LogP contribution is -2.13. The summed E-state index contributed by atoms with van der Waals surface area (Å²) in [6, 6.07) is 0. The zero-order chi connectivity index (χ0) is 11.0. The SMILES string of the molecule is CCCCCC(CC(C)C)C(C)CC. The Kier molecular flexibility index (Phi) is 8.32. The molecule has 0 saturated carbocycles. The Hall–Kier alpha value is 0. The Labute approximate surface area is 91.5 Å². The highest BCUT2D eigenvalue weighted by atomic mass is 14.2. The van der Waals surface area contributed by atoms with Crippen molar-refractivity contribution in [2.45, 2.75) is 73.1 Å². The fourth-order valence-electron chi connectivity index (χ4n) is 2.23. The highest BCUT2D eigenvalue weighted by molar-refractivity contribution is 4.67. The Bertz CT molecular complexity index is 115. The highest BCUT2D eigenvalue weighted by Crippen LogP contribution is 2.27. The number of unbranched alkanes of at least 4 members (excludes halogenated alkanes) is 2. The van der Waals surface area contributed by atoms with Crippen LogP contribution in [-0.2, 0) is 0 Å². The van der Waals surface area contributed by atoms with Crippen molar-refractivity contribution in [1.29, 1.82) is 0 Å². The summed E-state index contributed by atoms with van der Waals surface area (Å²) >= 11 is 0. The molecule has 2 unspecified atom stereocenters. The van der Waals surface area contributed by atoms with Crippen LogP contribution < -0.4 is 0 Å². The van der Waals surface area contributed by atoms with Crippen molar-refractivity contribution in [1.82, 2.24) is 0 Å². The van der Waals surface area contributed by atoms with Crippen LogP contribution >= 0.6 is 0 Å². The molecule has 0 saturated heterocycles. The maximum atomic E-state index is 2.43. The van der Waals surface area contributed by atoms with Crippen LogP contribution in [0, 0.1) is 17.8 Å². The van der Waals surface area contributed by atoms with E-state index in [4.69, 9.17) is 0 Å². The van der Waals surface area contributed by atoms with Gasteiger partial charge in [0, 0.05) is 0 Å². The largest absolute Gasteiger partial charge is 0.0654 e. The molecular weight excluding hydrogens is 168 g/mol. The van der Waals surface area contributed by atoms with E-state index in [0.29, 0.717) is 0 Å². The van der Waals surface area contributed by atoms with Crippen molar-refractivity contribution in [3.63, 3.8) is 0 Å². The monoisotopic (exact) mass is 198 g/mol. The van der Waals surface area contributed by atoms with Gasteiger partial charge in [0.15, 0.2) is 0 Å². The first kappa shape index (κ1) is 14.0. The topological polar surface area (TPSA) is 0 Å². The first-order valence-electron chi connectivity index (χ1n) is 6.61. The summed E-state index contributed by atoms with van der Waals surface area (Å²) in [5.74, 6) is 2.77. The molecule has 0 heterocycles. The van der Waals surface area contributed by atoms with E-state index in [2.05, 4.69) is 34.6 Å². The van der Waals surface area contributed by atoms with Crippen molar-refractivity contribution < 1.29 is 0 Å². The highest BCUT2D eigenvalue weighted by Gasteiger charge is 2.16. The molecule has 0 rings (SSSR count). The summed E-state index contributed by atoms with van der Waals surface area (Å²) in [6.07, 6.45) is 8.46. The normalized spacial score (nSPS) is 15.9. The number of hydrogen-bond donors (Lipinski definition) is 0. The molecule has 0 N–H and O–H groups in total. The smallest absolute Gasteiger partial charge is 0.0386 e. The molecular formula is C14H30. The predicted octanol–water partition coefficient (Wildman–Crippen LogP) is 5.28. The van der Waals surface area contributed by atoms with Crippen LogP contribution in [0.25, 0.3) is 0 Å². The van der Waals surface area contributed by atoms with Crippen molar-refractivity contribution in [2.24, 2.45) is 17.8 Å². The third-order valence-corrected chi connectivity index (χ3v) is 3.40. The maximum Gasteiger partial charge on any atom is -0.0386 e. The van der Waals surface area contributed by atoms with Gasteiger partial charge in [-0.15, -0.1) is 0 Å². The molecule has 14 heavy (non-hydrogen) atoms. The molecule has 0 aromatic carbocycles. The average molecular weight is 198 g/mol. The lowest BCUT2D eigenvalue weighted by molar-refractivity contribution is 0.268. The summed E-state index contributed by atoms with van der Waals surface area (Å²) in [6.45, 7) is 11.8. The molecule has 0 heteroatoms. The van der Waals surface area contributed by atoms with Crippen LogP contribution in [0.1, 0.15) is 73.1 Å². The van der Waals surface area contributed by atoms with Crippen LogP contribution in [0.15, 0.2) is 0 Å². The number of rotatable bonds is 8. The van der Waals surface area contributed by atoms with Crippen molar-refractivity contribution >= 4 is 0 Å². The van der Waals surface area contributed by atoms with E-state index in [1.807, 2.05) is 0 Å². The van der Waals surface area contributed by atoms with Gasteiger partial charge < -0.3 is 0 Å². The van der Waals surface area contributed by atoms with Gasteiger partial charge in [-0.1, -0.05) is 66.7 Å². The minimum atomic E-state index is 0.871. The van der Waals surface area contributed by atoms with Gasteiger partial charge in [-0.3, -0.25) is 0 Å². The minimum Gasteiger partial charge on any atom is -0.0654 e. The molecule has 0 aliphatic heterocycles. The van der Waals surface area contributed by atoms with Gasteiger partial charge in [-0.05, 0) is 24.2 Å². The van der Waals surface area contributed by atoms with Gasteiger partial charge >= 0.3 is 0 Å². The summed E-state index contributed by atoms with van der Waals surface area (Å²) in [7, 11) is 0. The van der Waals surface area contributed by atoms with Crippen molar-refractivity contribution in [3.05, 3.63) is 0 Å². The molecule has 0 aromatic heterocycles. The number of hydrogen-bond acceptors (Lipinski definition) is 0. The fraction of sp³-hybridized carbons (Fsp3) is 1.00. The first-order chi connectivity index (χ1) is 6.61. The zero-order valence-electron chi connectivity index (χ0n) is 11.0. The third kappa shape index (κ3) is 6.45. The van der Waals surface area contributed by atoms with Crippen LogP contribution in [0.3, 0.4) is 0 Å². The van der Waals surface area contributed by atoms with E-state index in [9.17, 15) is 0 Å². The second kappa shape index (κ2) is 8.32. The van der Waals surface area contributed by atoms with Crippen molar-refractivity contribution in [3.8, 4) is 0 Å². The third-order valence-electron chi connectivity index (χ3n) is 3.40. The molecule has 0 radical (unpaired) electrons. The van der Waals surface area contributed by atoms with E-state index < -0.39 is 0 Å². The van der Waals surface area contributed by atoms with Gasteiger partial charge in [-0.2, -0.15) is 0 Å². The lowest BCUT2D eigenvalue weighted by atomic mass is 9.81. The first-order valence-corrected chi connectivity index (χ1v) is 6.61. The van der Waals surface area contributed by atoms with E-state index >= 15 is 0 Å². The van der Waals surface area contributed by atoms with E-state index in [1.54, 1.807) is 0 Å². The maximum absolute atomic E-state index is 2.43. The molecule has 0 bridgehead atoms. The Morgan fingerprint density at radius 3 is 2.00 bits per heavy atom. The Morgan fingerprint density at radius 2 is 1.57 bits per heavy atom. The lowest BCUT2D eigenvalue weighted by Gasteiger charge is -2.24.